The second-order valence-electron chi connectivity index (χ2n) is 5.06. The number of thiazole rings is 1. The summed E-state index contributed by atoms with van der Waals surface area (Å²) in [4.78, 5) is 4.76. The van der Waals surface area contributed by atoms with Crippen molar-refractivity contribution in [3.63, 3.8) is 0 Å². The smallest absolute Gasteiger partial charge is 0.123 e. The molecule has 1 aliphatic rings. The van der Waals surface area contributed by atoms with Crippen LogP contribution >= 0.6 is 11.3 Å². The maximum atomic E-state index is 5.83. The number of hydrogen-bond acceptors (Lipinski definition) is 3. The van der Waals surface area contributed by atoms with Gasteiger partial charge >= 0.3 is 0 Å². The minimum atomic E-state index is 0.393. The van der Waals surface area contributed by atoms with Gasteiger partial charge in [0.15, 0.2) is 0 Å². The molecule has 1 saturated carbocycles. The highest BCUT2D eigenvalue weighted by atomic mass is 32.1. The second kappa shape index (κ2) is 4.82. The number of aromatic nitrogens is 1. The molecule has 0 spiro atoms. The highest BCUT2D eigenvalue weighted by molar-refractivity contribution is 7.13. The molecule has 0 unspecified atom stereocenters. The Hall–Kier alpha value is -1.19. The van der Waals surface area contributed by atoms with E-state index in [0.29, 0.717) is 12.0 Å². The van der Waals surface area contributed by atoms with Crippen molar-refractivity contribution in [1.29, 1.82) is 0 Å². The van der Waals surface area contributed by atoms with Gasteiger partial charge in [-0.1, -0.05) is 31.2 Å². The molecule has 0 radical (unpaired) electrons. The van der Waals surface area contributed by atoms with Crippen molar-refractivity contribution in [2.24, 2.45) is 5.73 Å². The molecule has 0 saturated heterocycles. The van der Waals surface area contributed by atoms with Gasteiger partial charge in [-0.3, -0.25) is 0 Å². The lowest BCUT2D eigenvalue weighted by Crippen LogP contribution is -2.34. The average Bonchev–Trinajstić information content (AvgIpc) is 2.84. The summed E-state index contributed by atoms with van der Waals surface area (Å²) >= 11 is 1.74. The van der Waals surface area contributed by atoms with Crippen LogP contribution in [0.4, 0.5) is 0 Å². The molecule has 0 aliphatic heterocycles. The van der Waals surface area contributed by atoms with E-state index < -0.39 is 0 Å². The van der Waals surface area contributed by atoms with Gasteiger partial charge in [0.1, 0.15) is 5.01 Å². The molecular formula is C15H18N2S. The van der Waals surface area contributed by atoms with Crippen LogP contribution in [0.1, 0.15) is 36.9 Å². The van der Waals surface area contributed by atoms with Crippen molar-refractivity contribution in [3.8, 4) is 10.6 Å². The van der Waals surface area contributed by atoms with Gasteiger partial charge in [-0.05, 0) is 24.8 Å². The fraction of sp³-hybridized carbons (Fsp3) is 0.400. The Kier molecular flexibility index (Phi) is 3.18. The van der Waals surface area contributed by atoms with Crippen molar-refractivity contribution in [3.05, 3.63) is 40.9 Å². The standard InChI is InChI=1S/C15H18N2S/c1-2-10-3-5-11(6-4-10)15-17-14(9-18-15)12-7-13(16)8-12/h3-6,9,12-13H,2,7-8,16H2,1H3. The maximum Gasteiger partial charge on any atom is 0.123 e. The average molecular weight is 258 g/mol. The first-order valence-corrected chi connectivity index (χ1v) is 7.44. The monoisotopic (exact) mass is 258 g/mol. The maximum absolute atomic E-state index is 5.83. The molecule has 2 N–H and O–H groups in total. The van der Waals surface area contributed by atoms with Crippen molar-refractivity contribution < 1.29 is 0 Å². The van der Waals surface area contributed by atoms with E-state index in [1.807, 2.05) is 0 Å². The fourth-order valence-corrected chi connectivity index (χ4v) is 3.30. The summed E-state index contributed by atoms with van der Waals surface area (Å²) in [7, 11) is 0. The molecule has 0 atom stereocenters. The first-order valence-electron chi connectivity index (χ1n) is 6.56. The minimum absolute atomic E-state index is 0.393. The van der Waals surface area contributed by atoms with E-state index in [2.05, 4.69) is 36.6 Å². The summed E-state index contributed by atoms with van der Waals surface area (Å²) in [5.74, 6) is 0.597. The number of hydrogen-bond donors (Lipinski definition) is 1. The van der Waals surface area contributed by atoms with E-state index in [4.69, 9.17) is 10.7 Å². The summed E-state index contributed by atoms with van der Waals surface area (Å²) < 4.78 is 0. The lowest BCUT2D eigenvalue weighted by Gasteiger charge is -2.30. The van der Waals surface area contributed by atoms with Crippen molar-refractivity contribution in [2.45, 2.75) is 38.1 Å². The minimum Gasteiger partial charge on any atom is -0.328 e. The van der Waals surface area contributed by atoms with E-state index >= 15 is 0 Å². The number of rotatable bonds is 3. The van der Waals surface area contributed by atoms with Crippen LogP contribution in [0.2, 0.25) is 0 Å². The Morgan fingerprint density at radius 3 is 2.61 bits per heavy atom. The zero-order valence-corrected chi connectivity index (χ0v) is 11.4. The first-order chi connectivity index (χ1) is 8.76. The number of nitrogens with zero attached hydrogens (tertiary/aromatic N) is 1. The van der Waals surface area contributed by atoms with Gasteiger partial charge in [-0.25, -0.2) is 4.98 Å². The molecule has 1 aliphatic carbocycles. The third-order valence-corrected chi connectivity index (χ3v) is 4.63. The summed E-state index contributed by atoms with van der Waals surface area (Å²) in [5, 5.41) is 3.33. The number of benzene rings is 1. The normalized spacial score (nSPS) is 22.8. The number of nitrogens with two attached hydrogens (primary N) is 1. The Balaban J connectivity index is 1.79. The molecule has 3 heteroatoms. The van der Waals surface area contributed by atoms with Gasteiger partial charge < -0.3 is 5.73 Å². The summed E-state index contributed by atoms with van der Waals surface area (Å²) in [6.45, 7) is 2.18. The van der Waals surface area contributed by atoms with E-state index in [0.717, 1.165) is 24.3 Å². The molecular weight excluding hydrogens is 240 g/mol. The van der Waals surface area contributed by atoms with Gasteiger partial charge in [0.2, 0.25) is 0 Å². The molecule has 94 valence electrons. The predicted molar refractivity (Wildman–Crippen MR) is 76.9 cm³/mol. The third-order valence-electron chi connectivity index (χ3n) is 3.72. The molecule has 2 aromatic rings. The number of aryl methyl sites for hydroxylation is 1. The van der Waals surface area contributed by atoms with Crippen molar-refractivity contribution in [1.82, 2.24) is 4.98 Å². The van der Waals surface area contributed by atoms with E-state index in [1.54, 1.807) is 11.3 Å². The van der Waals surface area contributed by atoms with E-state index in [1.165, 1.54) is 16.8 Å². The quantitative estimate of drug-likeness (QED) is 0.914. The highest BCUT2D eigenvalue weighted by Crippen LogP contribution is 2.37. The highest BCUT2D eigenvalue weighted by Gasteiger charge is 2.29. The molecule has 1 heterocycles. The van der Waals surface area contributed by atoms with Crippen LogP contribution in [-0.2, 0) is 6.42 Å². The van der Waals surface area contributed by atoms with Crippen LogP contribution in [0.3, 0.4) is 0 Å². The van der Waals surface area contributed by atoms with Crippen LogP contribution < -0.4 is 5.73 Å². The Bertz CT molecular complexity index is 524. The van der Waals surface area contributed by atoms with Crippen LogP contribution in [0.5, 0.6) is 0 Å². The molecule has 1 aromatic heterocycles. The van der Waals surface area contributed by atoms with Crippen molar-refractivity contribution >= 4 is 11.3 Å². The molecule has 18 heavy (non-hydrogen) atoms. The fourth-order valence-electron chi connectivity index (χ4n) is 2.39. The van der Waals surface area contributed by atoms with Gasteiger partial charge in [0.25, 0.3) is 0 Å². The van der Waals surface area contributed by atoms with Crippen LogP contribution in [0, 0.1) is 0 Å². The Labute approximate surface area is 112 Å². The predicted octanol–water partition coefficient (Wildman–Crippen LogP) is 3.58. The van der Waals surface area contributed by atoms with Crippen LogP contribution in [-0.4, -0.2) is 11.0 Å². The molecule has 1 fully saturated rings. The largest absolute Gasteiger partial charge is 0.328 e. The van der Waals surface area contributed by atoms with Gasteiger partial charge in [-0.15, -0.1) is 11.3 Å². The molecule has 1 aromatic carbocycles. The van der Waals surface area contributed by atoms with Crippen LogP contribution in [0.15, 0.2) is 29.6 Å². The lowest BCUT2D eigenvalue weighted by molar-refractivity contribution is 0.346. The van der Waals surface area contributed by atoms with Gasteiger partial charge in [0, 0.05) is 22.9 Å². The molecule has 0 amide bonds. The summed E-state index contributed by atoms with van der Waals surface area (Å²) in [5.41, 5.74) is 9.67. The third kappa shape index (κ3) is 2.20. The molecule has 3 rings (SSSR count). The Morgan fingerprint density at radius 2 is 2.00 bits per heavy atom. The topological polar surface area (TPSA) is 38.9 Å². The summed E-state index contributed by atoms with van der Waals surface area (Å²) in [6, 6.07) is 9.12. The second-order valence-corrected chi connectivity index (χ2v) is 5.91. The SMILES string of the molecule is CCc1ccc(-c2nc(C3CC(N)C3)cs2)cc1. The van der Waals surface area contributed by atoms with Crippen molar-refractivity contribution in [2.75, 3.05) is 0 Å². The van der Waals surface area contributed by atoms with Gasteiger partial charge in [-0.2, -0.15) is 0 Å². The summed E-state index contributed by atoms with van der Waals surface area (Å²) in [6.07, 6.45) is 3.28. The van der Waals surface area contributed by atoms with E-state index in [-0.39, 0.29) is 0 Å². The lowest BCUT2D eigenvalue weighted by atomic mass is 9.79. The molecule has 2 nitrogen and oxygen atoms in total. The van der Waals surface area contributed by atoms with E-state index in [9.17, 15) is 0 Å². The zero-order valence-electron chi connectivity index (χ0n) is 10.6. The zero-order chi connectivity index (χ0) is 12.5. The van der Waals surface area contributed by atoms with Crippen LogP contribution in [0.25, 0.3) is 10.6 Å². The Morgan fingerprint density at radius 1 is 1.28 bits per heavy atom. The van der Waals surface area contributed by atoms with Gasteiger partial charge in [0.05, 0.1) is 5.69 Å². The first kappa shape index (κ1) is 11.9. The molecule has 0 bridgehead atoms.